The zero-order valence-corrected chi connectivity index (χ0v) is 10.8. The normalized spacial score (nSPS) is 18.9. The van der Waals surface area contributed by atoms with E-state index in [-0.39, 0.29) is 24.1 Å². The van der Waals surface area contributed by atoms with Gasteiger partial charge in [-0.3, -0.25) is 0 Å². The lowest BCUT2D eigenvalue weighted by molar-refractivity contribution is 0.328. The summed E-state index contributed by atoms with van der Waals surface area (Å²) in [4.78, 5) is 4.89. The summed E-state index contributed by atoms with van der Waals surface area (Å²) in [6.07, 6.45) is 1.39. The number of aliphatic imine (C=N–C) groups is 1. The fourth-order valence-electron chi connectivity index (χ4n) is 1.68. The van der Waals surface area contributed by atoms with Crippen LogP contribution in [0.3, 0.4) is 0 Å². The van der Waals surface area contributed by atoms with E-state index in [1.54, 1.807) is 5.41 Å². The summed E-state index contributed by atoms with van der Waals surface area (Å²) < 4.78 is 32.5. The van der Waals surface area contributed by atoms with Crippen LogP contribution in [0.5, 0.6) is 0 Å². The van der Waals surface area contributed by atoms with Crippen LogP contribution in [0.2, 0.25) is 0 Å². The average Bonchev–Trinajstić information content (AvgIpc) is 2.85. The lowest BCUT2D eigenvalue weighted by Crippen LogP contribution is -2.09. The van der Waals surface area contributed by atoms with Gasteiger partial charge in [0.1, 0.15) is 29.8 Å². The van der Waals surface area contributed by atoms with Gasteiger partial charge in [-0.2, -0.15) is 0 Å². The van der Waals surface area contributed by atoms with E-state index in [2.05, 4.69) is 11.6 Å². The summed E-state index contributed by atoms with van der Waals surface area (Å²) in [5.41, 5.74) is 5.23. The molecule has 2 N–H and O–H groups in total. The average molecular weight is 282 g/mol. The van der Waals surface area contributed by atoms with Gasteiger partial charge in [-0.05, 0) is 17.5 Å². The number of halogens is 2. The Morgan fingerprint density at radius 1 is 1.47 bits per heavy atom. The van der Waals surface area contributed by atoms with Gasteiger partial charge in [0.15, 0.2) is 0 Å². The van der Waals surface area contributed by atoms with Crippen LogP contribution >= 0.6 is 11.8 Å². The Balaban J connectivity index is 2.31. The molecule has 0 radical (unpaired) electrons. The van der Waals surface area contributed by atoms with E-state index in [4.69, 9.17) is 10.5 Å². The summed E-state index contributed by atoms with van der Waals surface area (Å²) in [5, 5.41) is 1.61. The smallest absolute Gasteiger partial charge is 0.222 e. The van der Waals surface area contributed by atoms with Crippen molar-refractivity contribution >= 4 is 17.7 Å². The van der Waals surface area contributed by atoms with Crippen LogP contribution < -0.4 is 5.73 Å². The number of rotatable bonds is 4. The second-order valence-electron chi connectivity index (χ2n) is 3.71. The van der Waals surface area contributed by atoms with Gasteiger partial charge in [0.2, 0.25) is 5.90 Å². The van der Waals surface area contributed by atoms with Crippen molar-refractivity contribution in [2.24, 2.45) is 10.7 Å². The van der Waals surface area contributed by atoms with Crippen molar-refractivity contribution in [2.75, 3.05) is 6.61 Å². The first-order valence-corrected chi connectivity index (χ1v) is 6.39. The molecular weight excluding hydrogens is 270 g/mol. The van der Waals surface area contributed by atoms with Gasteiger partial charge in [0.05, 0.1) is 0 Å². The number of ether oxygens (including phenoxy) is 1. The van der Waals surface area contributed by atoms with E-state index in [1.165, 1.54) is 24.0 Å². The molecule has 6 heteroatoms. The minimum atomic E-state index is -0.700. The second-order valence-corrected chi connectivity index (χ2v) is 4.75. The van der Waals surface area contributed by atoms with Gasteiger partial charge in [-0.15, -0.1) is 0 Å². The molecule has 19 heavy (non-hydrogen) atoms. The fraction of sp³-hybridized carbons (Fsp3) is 0.154. The highest BCUT2D eigenvalue weighted by Gasteiger charge is 2.27. The summed E-state index contributed by atoms with van der Waals surface area (Å²) in [7, 11) is 0. The van der Waals surface area contributed by atoms with E-state index >= 15 is 0 Å². The zero-order chi connectivity index (χ0) is 13.8. The third-order valence-corrected chi connectivity index (χ3v) is 3.39. The van der Waals surface area contributed by atoms with Crippen molar-refractivity contribution in [3.05, 3.63) is 58.5 Å². The van der Waals surface area contributed by atoms with Crippen molar-refractivity contribution in [3.63, 3.8) is 0 Å². The van der Waals surface area contributed by atoms with E-state index in [9.17, 15) is 8.78 Å². The van der Waals surface area contributed by atoms with Crippen molar-refractivity contribution in [3.8, 4) is 0 Å². The van der Waals surface area contributed by atoms with Crippen LogP contribution in [0.4, 0.5) is 8.78 Å². The van der Waals surface area contributed by atoms with Crippen LogP contribution in [0.1, 0.15) is 5.56 Å². The second kappa shape index (κ2) is 5.88. The molecule has 0 aliphatic carbocycles. The Hall–Kier alpha value is -1.82. The van der Waals surface area contributed by atoms with Crippen LogP contribution in [0.15, 0.2) is 46.3 Å². The maximum atomic E-state index is 13.6. The number of benzene rings is 1. The molecule has 0 saturated carbocycles. The Morgan fingerprint density at radius 2 is 2.16 bits per heavy atom. The third-order valence-electron chi connectivity index (χ3n) is 2.54. The topological polar surface area (TPSA) is 47.6 Å². The number of nitrogens with zero attached hydrogens (tertiary/aromatic N) is 1. The standard InChI is InChI=1S/C13H12F2N2OS/c1-2-19-11(6-16)10-7-18-13(17-10)12-8(14)4-3-5-9(12)15/h2-6,10H,1,7,16H2/b11-6-. The molecule has 1 aromatic carbocycles. The molecule has 1 aromatic rings. The van der Waals surface area contributed by atoms with Crippen molar-refractivity contribution < 1.29 is 13.5 Å². The predicted molar refractivity (Wildman–Crippen MR) is 72.7 cm³/mol. The number of thioether (sulfide) groups is 1. The molecule has 100 valence electrons. The van der Waals surface area contributed by atoms with Crippen molar-refractivity contribution in [1.82, 2.24) is 0 Å². The highest BCUT2D eigenvalue weighted by Crippen LogP contribution is 2.27. The third kappa shape index (κ3) is 2.78. The van der Waals surface area contributed by atoms with Gasteiger partial charge in [0, 0.05) is 11.1 Å². The molecule has 2 rings (SSSR count). The minimum absolute atomic E-state index is 0.0374. The fourth-order valence-corrected chi connectivity index (χ4v) is 2.23. The number of hydrogen-bond donors (Lipinski definition) is 1. The molecule has 3 nitrogen and oxygen atoms in total. The van der Waals surface area contributed by atoms with Crippen molar-refractivity contribution in [1.29, 1.82) is 0 Å². The van der Waals surface area contributed by atoms with Gasteiger partial charge in [0.25, 0.3) is 0 Å². The van der Waals surface area contributed by atoms with E-state index in [1.807, 2.05) is 0 Å². The lowest BCUT2D eigenvalue weighted by atomic mass is 10.2. The molecular formula is C13H12F2N2OS. The molecule has 1 heterocycles. The van der Waals surface area contributed by atoms with Crippen LogP contribution in [0.25, 0.3) is 0 Å². The molecule has 1 aliphatic rings. The minimum Gasteiger partial charge on any atom is -0.475 e. The Kier molecular flexibility index (Phi) is 4.21. The van der Waals surface area contributed by atoms with Gasteiger partial charge in [-0.25, -0.2) is 13.8 Å². The molecule has 1 aliphatic heterocycles. The summed E-state index contributed by atoms with van der Waals surface area (Å²) in [6.45, 7) is 3.78. The quantitative estimate of drug-likeness (QED) is 0.923. The maximum absolute atomic E-state index is 13.6. The molecule has 0 amide bonds. The summed E-state index contributed by atoms with van der Waals surface area (Å²) in [6, 6.07) is 3.26. The zero-order valence-electron chi connectivity index (χ0n) is 9.98. The molecule has 0 aromatic heterocycles. The van der Waals surface area contributed by atoms with E-state index < -0.39 is 11.6 Å². The molecule has 0 spiro atoms. The van der Waals surface area contributed by atoms with Gasteiger partial charge < -0.3 is 10.5 Å². The summed E-state index contributed by atoms with van der Waals surface area (Å²) in [5.74, 6) is -1.44. The van der Waals surface area contributed by atoms with Crippen LogP contribution in [-0.2, 0) is 4.74 Å². The first-order chi connectivity index (χ1) is 9.17. The largest absolute Gasteiger partial charge is 0.475 e. The Bertz CT molecular complexity index is 537. The number of nitrogens with two attached hydrogens (primary N) is 1. The Morgan fingerprint density at radius 3 is 2.74 bits per heavy atom. The highest BCUT2D eigenvalue weighted by atomic mass is 32.2. The van der Waals surface area contributed by atoms with Crippen LogP contribution in [-0.4, -0.2) is 18.5 Å². The predicted octanol–water partition coefficient (Wildman–Crippen LogP) is 2.79. The SMILES string of the molecule is C=CS/C(=C\N)C1COC(c2c(F)cccc2F)=N1. The first kappa shape index (κ1) is 13.6. The molecule has 1 unspecified atom stereocenters. The van der Waals surface area contributed by atoms with Gasteiger partial charge >= 0.3 is 0 Å². The first-order valence-electron chi connectivity index (χ1n) is 5.51. The van der Waals surface area contributed by atoms with E-state index in [0.717, 1.165) is 17.0 Å². The monoisotopic (exact) mass is 282 g/mol. The van der Waals surface area contributed by atoms with Crippen LogP contribution in [0, 0.1) is 11.6 Å². The van der Waals surface area contributed by atoms with Gasteiger partial charge in [-0.1, -0.05) is 24.4 Å². The Labute approximate surface area is 113 Å². The molecule has 0 bridgehead atoms. The molecule has 0 fully saturated rings. The maximum Gasteiger partial charge on any atom is 0.222 e. The highest BCUT2D eigenvalue weighted by molar-refractivity contribution is 8.05. The number of hydrogen-bond acceptors (Lipinski definition) is 4. The molecule has 1 atom stereocenters. The lowest BCUT2D eigenvalue weighted by Gasteiger charge is -2.05. The molecule has 0 saturated heterocycles. The summed E-state index contributed by atoms with van der Waals surface area (Å²) >= 11 is 1.30. The van der Waals surface area contributed by atoms with Crippen molar-refractivity contribution in [2.45, 2.75) is 6.04 Å². The van der Waals surface area contributed by atoms with E-state index in [0.29, 0.717) is 0 Å².